The molecule has 0 bridgehead atoms. The van der Waals surface area contributed by atoms with Crippen LogP contribution in [0, 0.1) is 0 Å². The molecule has 92 valence electrons. The normalized spacial score (nSPS) is 17.5. The predicted molar refractivity (Wildman–Crippen MR) is 65.9 cm³/mol. The number of aliphatic carboxylic acids is 1. The molecule has 1 aliphatic heterocycles. The van der Waals surface area contributed by atoms with Gasteiger partial charge in [-0.3, -0.25) is 4.79 Å². The summed E-state index contributed by atoms with van der Waals surface area (Å²) < 4.78 is 0. The van der Waals surface area contributed by atoms with Gasteiger partial charge >= 0.3 is 5.97 Å². The van der Waals surface area contributed by atoms with E-state index in [1.807, 2.05) is 18.2 Å². The monoisotopic (exact) mass is 234 g/mol. The molecule has 0 fully saturated rings. The number of carboxylic acids is 1. The Balaban J connectivity index is 2.30. The lowest BCUT2D eigenvalue weighted by Crippen LogP contribution is -2.27. The Morgan fingerprint density at radius 3 is 2.94 bits per heavy atom. The molecule has 0 aliphatic carbocycles. The van der Waals surface area contributed by atoms with Gasteiger partial charge in [-0.2, -0.15) is 0 Å². The van der Waals surface area contributed by atoms with Crippen LogP contribution < -0.4 is 5.73 Å². The first kappa shape index (κ1) is 12.1. The molecule has 0 amide bonds. The average molecular weight is 234 g/mol. The van der Waals surface area contributed by atoms with E-state index in [4.69, 9.17) is 10.8 Å². The SMILES string of the molecule is CN1CCc2cc(C(CN)C(=O)O)ccc2C1. The maximum Gasteiger partial charge on any atom is 0.312 e. The zero-order valence-electron chi connectivity index (χ0n) is 10.0. The molecule has 2 rings (SSSR count). The van der Waals surface area contributed by atoms with E-state index in [0.29, 0.717) is 0 Å². The highest BCUT2D eigenvalue weighted by Crippen LogP contribution is 2.23. The van der Waals surface area contributed by atoms with Crippen LogP contribution in [0.5, 0.6) is 0 Å². The molecule has 0 saturated heterocycles. The van der Waals surface area contributed by atoms with Gasteiger partial charge in [-0.15, -0.1) is 0 Å². The minimum Gasteiger partial charge on any atom is -0.481 e. The largest absolute Gasteiger partial charge is 0.481 e. The van der Waals surface area contributed by atoms with Gasteiger partial charge < -0.3 is 15.7 Å². The summed E-state index contributed by atoms with van der Waals surface area (Å²) in [5.41, 5.74) is 8.90. The highest BCUT2D eigenvalue weighted by atomic mass is 16.4. The summed E-state index contributed by atoms with van der Waals surface area (Å²) in [7, 11) is 2.09. The maximum absolute atomic E-state index is 11.1. The van der Waals surface area contributed by atoms with Gasteiger partial charge in [-0.05, 0) is 30.2 Å². The number of carbonyl (C=O) groups is 1. The summed E-state index contributed by atoms with van der Waals surface area (Å²) >= 11 is 0. The van der Waals surface area contributed by atoms with Gasteiger partial charge in [-0.25, -0.2) is 0 Å². The number of benzene rings is 1. The minimum absolute atomic E-state index is 0.147. The second kappa shape index (κ2) is 4.85. The minimum atomic E-state index is -0.847. The smallest absolute Gasteiger partial charge is 0.312 e. The number of hydrogen-bond acceptors (Lipinski definition) is 3. The molecule has 1 aromatic carbocycles. The van der Waals surface area contributed by atoms with E-state index in [1.54, 1.807) is 0 Å². The zero-order chi connectivity index (χ0) is 12.4. The third-order valence-corrected chi connectivity index (χ3v) is 3.37. The van der Waals surface area contributed by atoms with Gasteiger partial charge in [0.25, 0.3) is 0 Å². The van der Waals surface area contributed by atoms with Crippen LogP contribution in [0.25, 0.3) is 0 Å². The van der Waals surface area contributed by atoms with Crippen LogP contribution in [0.4, 0.5) is 0 Å². The Labute approximate surface area is 101 Å². The highest BCUT2D eigenvalue weighted by Gasteiger charge is 2.20. The van der Waals surface area contributed by atoms with Crippen LogP contribution in [-0.4, -0.2) is 36.1 Å². The number of nitrogens with zero attached hydrogens (tertiary/aromatic N) is 1. The third kappa shape index (κ3) is 2.48. The van der Waals surface area contributed by atoms with Crippen molar-refractivity contribution in [3.05, 3.63) is 34.9 Å². The van der Waals surface area contributed by atoms with Crippen molar-refractivity contribution < 1.29 is 9.90 Å². The van der Waals surface area contributed by atoms with E-state index in [9.17, 15) is 4.79 Å². The maximum atomic E-state index is 11.1. The summed E-state index contributed by atoms with van der Waals surface area (Å²) in [5, 5.41) is 9.08. The second-order valence-corrected chi connectivity index (χ2v) is 4.64. The fourth-order valence-electron chi connectivity index (χ4n) is 2.31. The van der Waals surface area contributed by atoms with Gasteiger partial charge in [-0.1, -0.05) is 18.2 Å². The van der Waals surface area contributed by atoms with Gasteiger partial charge in [0, 0.05) is 19.6 Å². The topological polar surface area (TPSA) is 66.6 Å². The van der Waals surface area contributed by atoms with Crippen LogP contribution in [0.2, 0.25) is 0 Å². The number of hydrogen-bond donors (Lipinski definition) is 2. The lowest BCUT2D eigenvalue weighted by Gasteiger charge is -2.26. The Morgan fingerprint density at radius 1 is 1.53 bits per heavy atom. The summed E-state index contributed by atoms with van der Waals surface area (Å²) in [6.07, 6.45) is 0.983. The van der Waals surface area contributed by atoms with Crippen molar-refractivity contribution in [2.24, 2.45) is 5.73 Å². The Hall–Kier alpha value is -1.39. The molecule has 17 heavy (non-hydrogen) atoms. The molecule has 1 atom stereocenters. The predicted octanol–water partition coefficient (Wildman–Crippen LogP) is 0.801. The standard InChI is InChI=1S/C13H18N2O2/c1-15-5-4-9-6-10(2-3-11(9)8-15)12(7-14)13(16)17/h2-3,6,12H,4-5,7-8,14H2,1H3,(H,16,17). The Morgan fingerprint density at radius 2 is 2.29 bits per heavy atom. The van der Waals surface area contributed by atoms with E-state index in [0.717, 1.165) is 25.1 Å². The summed E-state index contributed by atoms with van der Waals surface area (Å²) in [6, 6.07) is 5.93. The van der Waals surface area contributed by atoms with Crippen molar-refractivity contribution in [2.75, 3.05) is 20.1 Å². The van der Waals surface area contributed by atoms with E-state index >= 15 is 0 Å². The van der Waals surface area contributed by atoms with E-state index in [-0.39, 0.29) is 6.54 Å². The van der Waals surface area contributed by atoms with Crippen molar-refractivity contribution >= 4 is 5.97 Å². The van der Waals surface area contributed by atoms with Crippen LogP contribution in [0.3, 0.4) is 0 Å². The summed E-state index contributed by atoms with van der Waals surface area (Å²) in [5.74, 6) is -1.43. The van der Waals surface area contributed by atoms with Gasteiger partial charge in [0.05, 0.1) is 5.92 Å². The Bertz CT molecular complexity index is 431. The van der Waals surface area contributed by atoms with Crippen molar-refractivity contribution in [1.82, 2.24) is 4.90 Å². The second-order valence-electron chi connectivity index (χ2n) is 4.64. The molecule has 4 nitrogen and oxygen atoms in total. The van der Waals surface area contributed by atoms with Crippen molar-refractivity contribution in [1.29, 1.82) is 0 Å². The van der Waals surface area contributed by atoms with Gasteiger partial charge in [0.15, 0.2) is 0 Å². The number of carboxylic acid groups (broad SMARTS) is 1. The molecule has 0 spiro atoms. The average Bonchev–Trinajstić information content (AvgIpc) is 2.29. The third-order valence-electron chi connectivity index (χ3n) is 3.37. The first-order chi connectivity index (χ1) is 8.11. The van der Waals surface area contributed by atoms with Crippen LogP contribution in [0.15, 0.2) is 18.2 Å². The molecule has 0 saturated carbocycles. The number of nitrogens with two attached hydrogens (primary N) is 1. The molecule has 0 radical (unpaired) electrons. The van der Waals surface area contributed by atoms with Crippen molar-refractivity contribution in [3.63, 3.8) is 0 Å². The molecule has 4 heteroatoms. The number of rotatable bonds is 3. The highest BCUT2D eigenvalue weighted by molar-refractivity contribution is 5.76. The van der Waals surface area contributed by atoms with E-state index < -0.39 is 11.9 Å². The molecular weight excluding hydrogens is 216 g/mol. The first-order valence-corrected chi connectivity index (χ1v) is 5.85. The number of likely N-dealkylation sites (N-methyl/N-ethyl adjacent to an activating group) is 1. The summed E-state index contributed by atoms with van der Waals surface area (Å²) in [6.45, 7) is 2.11. The molecule has 1 heterocycles. The van der Waals surface area contributed by atoms with Crippen molar-refractivity contribution in [2.45, 2.75) is 18.9 Å². The molecule has 0 aromatic heterocycles. The molecular formula is C13H18N2O2. The summed E-state index contributed by atoms with van der Waals surface area (Å²) in [4.78, 5) is 13.3. The fourth-order valence-corrected chi connectivity index (χ4v) is 2.31. The molecule has 1 aliphatic rings. The lowest BCUT2D eigenvalue weighted by atomic mass is 9.92. The van der Waals surface area contributed by atoms with E-state index in [2.05, 4.69) is 11.9 Å². The van der Waals surface area contributed by atoms with Crippen LogP contribution >= 0.6 is 0 Å². The van der Waals surface area contributed by atoms with Gasteiger partial charge in [0.1, 0.15) is 0 Å². The van der Waals surface area contributed by atoms with Gasteiger partial charge in [0.2, 0.25) is 0 Å². The quantitative estimate of drug-likeness (QED) is 0.812. The zero-order valence-corrected chi connectivity index (χ0v) is 10.0. The van der Waals surface area contributed by atoms with Crippen LogP contribution in [-0.2, 0) is 17.8 Å². The fraction of sp³-hybridized carbons (Fsp3) is 0.462. The number of fused-ring (bicyclic) bond motifs is 1. The van der Waals surface area contributed by atoms with Crippen molar-refractivity contribution in [3.8, 4) is 0 Å². The van der Waals surface area contributed by atoms with Crippen LogP contribution in [0.1, 0.15) is 22.6 Å². The molecule has 1 unspecified atom stereocenters. The molecule has 3 N–H and O–H groups in total. The Kier molecular flexibility index (Phi) is 3.45. The molecule has 1 aromatic rings. The van der Waals surface area contributed by atoms with E-state index in [1.165, 1.54) is 11.1 Å². The first-order valence-electron chi connectivity index (χ1n) is 5.85. The lowest BCUT2D eigenvalue weighted by molar-refractivity contribution is -0.138.